The number of halogens is 1. The van der Waals surface area contributed by atoms with Gasteiger partial charge in [0.25, 0.3) is 0 Å². The van der Waals surface area contributed by atoms with Crippen LogP contribution in [0.2, 0.25) is 0 Å². The van der Waals surface area contributed by atoms with E-state index in [9.17, 15) is 9.50 Å². The van der Waals surface area contributed by atoms with Gasteiger partial charge >= 0.3 is 0 Å². The van der Waals surface area contributed by atoms with Gasteiger partial charge in [0.1, 0.15) is 17.3 Å². The molecule has 0 saturated heterocycles. The van der Waals surface area contributed by atoms with Gasteiger partial charge in [-0.1, -0.05) is 13.0 Å². The number of aromatic nitrogens is 1. The van der Waals surface area contributed by atoms with Crippen molar-refractivity contribution < 1.29 is 14.2 Å². The maximum absolute atomic E-state index is 13.0. The van der Waals surface area contributed by atoms with E-state index in [1.54, 1.807) is 24.3 Å². The Balaban J connectivity index is 2.11. The zero-order valence-corrected chi connectivity index (χ0v) is 10.0. The van der Waals surface area contributed by atoms with Crippen LogP contribution in [0.5, 0.6) is 11.5 Å². The molecule has 1 N–H and O–H groups in total. The number of aliphatic hydroxyl groups excluding tert-OH is 1. The predicted molar refractivity (Wildman–Crippen MR) is 66.0 cm³/mol. The molecule has 0 spiro atoms. The molecule has 0 unspecified atom stereocenters. The van der Waals surface area contributed by atoms with Crippen LogP contribution in [0.1, 0.15) is 25.1 Å². The minimum absolute atomic E-state index is 0.349. The molecule has 4 heteroatoms. The first kappa shape index (κ1) is 12.5. The number of aliphatic hydroxyl groups is 1. The molecule has 2 rings (SSSR count). The molecule has 0 aliphatic heterocycles. The van der Waals surface area contributed by atoms with Crippen LogP contribution < -0.4 is 4.74 Å². The number of rotatable bonds is 4. The van der Waals surface area contributed by atoms with Gasteiger partial charge in [-0.3, -0.25) is 4.98 Å². The maximum Gasteiger partial charge on any atom is 0.145 e. The van der Waals surface area contributed by atoms with Crippen molar-refractivity contribution in [1.82, 2.24) is 4.98 Å². The topological polar surface area (TPSA) is 42.4 Å². The molecule has 2 aromatic rings. The minimum atomic E-state index is -0.562. The highest BCUT2D eigenvalue weighted by molar-refractivity contribution is 5.30. The first-order valence-electron chi connectivity index (χ1n) is 5.76. The summed E-state index contributed by atoms with van der Waals surface area (Å²) in [6.45, 7) is 1.88. The van der Waals surface area contributed by atoms with E-state index in [-0.39, 0.29) is 5.82 Å². The molecule has 1 atom stereocenters. The van der Waals surface area contributed by atoms with Crippen molar-refractivity contribution in [2.75, 3.05) is 0 Å². The van der Waals surface area contributed by atoms with E-state index in [4.69, 9.17) is 4.74 Å². The van der Waals surface area contributed by atoms with E-state index < -0.39 is 6.10 Å². The van der Waals surface area contributed by atoms with Gasteiger partial charge in [0.2, 0.25) is 0 Å². The van der Waals surface area contributed by atoms with Gasteiger partial charge in [-0.05, 0) is 30.7 Å². The largest absolute Gasteiger partial charge is 0.456 e. The summed E-state index contributed by atoms with van der Waals surface area (Å²) >= 11 is 0. The van der Waals surface area contributed by atoms with E-state index in [1.807, 2.05) is 6.92 Å². The Hall–Kier alpha value is -1.94. The van der Waals surface area contributed by atoms with Gasteiger partial charge in [-0.15, -0.1) is 0 Å². The summed E-state index contributed by atoms with van der Waals surface area (Å²) in [5.41, 5.74) is 0.601. The second-order valence-corrected chi connectivity index (χ2v) is 3.90. The molecule has 18 heavy (non-hydrogen) atoms. The number of pyridine rings is 1. The highest BCUT2D eigenvalue weighted by atomic mass is 19.1. The highest BCUT2D eigenvalue weighted by Crippen LogP contribution is 2.22. The normalized spacial score (nSPS) is 12.2. The highest BCUT2D eigenvalue weighted by Gasteiger charge is 2.06. The van der Waals surface area contributed by atoms with Crippen LogP contribution in [-0.2, 0) is 0 Å². The molecule has 0 bridgehead atoms. The Morgan fingerprint density at radius 3 is 2.72 bits per heavy atom. The molecule has 1 aromatic carbocycles. The third-order valence-corrected chi connectivity index (χ3v) is 2.52. The summed E-state index contributed by atoms with van der Waals surface area (Å²) in [6, 6.07) is 9.29. The number of benzene rings is 1. The summed E-state index contributed by atoms with van der Waals surface area (Å²) in [5, 5.41) is 9.59. The van der Waals surface area contributed by atoms with Crippen LogP contribution in [0.4, 0.5) is 4.39 Å². The van der Waals surface area contributed by atoms with E-state index in [1.165, 1.54) is 18.3 Å². The smallest absolute Gasteiger partial charge is 0.145 e. The van der Waals surface area contributed by atoms with Crippen LogP contribution in [0, 0.1) is 5.82 Å². The van der Waals surface area contributed by atoms with Crippen LogP contribution in [-0.4, -0.2) is 10.1 Å². The second-order valence-electron chi connectivity index (χ2n) is 3.90. The van der Waals surface area contributed by atoms with E-state index in [0.29, 0.717) is 23.6 Å². The Bertz CT molecular complexity index is 513. The number of hydrogen-bond acceptors (Lipinski definition) is 3. The van der Waals surface area contributed by atoms with Crippen LogP contribution in [0.25, 0.3) is 0 Å². The minimum Gasteiger partial charge on any atom is -0.456 e. The van der Waals surface area contributed by atoms with Crippen LogP contribution in [0.3, 0.4) is 0 Å². The predicted octanol–water partition coefficient (Wildman–Crippen LogP) is 3.46. The summed E-state index contributed by atoms with van der Waals surface area (Å²) < 4.78 is 18.4. The third-order valence-electron chi connectivity index (χ3n) is 2.52. The molecule has 0 radical (unpaired) electrons. The molecular weight excluding hydrogens is 233 g/mol. The summed E-state index contributed by atoms with van der Waals surface area (Å²) in [6.07, 6.45) is 1.56. The van der Waals surface area contributed by atoms with Crippen molar-refractivity contribution in [3.8, 4) is 11.5 Å². The monoisotopic (exact) mass is 247 g/mol. The van der Waals surface area contributed by atoms with E-state index in [2.05, 4.69) is 4.98 Å². The molecule has 94 valence electrons. The molecule has 0 aliphatic rings. The van der Waals surface area contributed by atoms with Crippen molar-refractivity contribution in [3.63, 3.8) is 0 Å². The van der Waals surface area contributed by atoms with Crippen molar-refractivity contribution in [1.29, 1.82) is 0 Å². The standard InChI is InChI=1S/C14H14FNO2/c1-2-14(17)13-7-6-12(9-16-13)18-11-5-3-4-10(15)8-11/h3-9,14,17H,2H2,1H3/t14-/m0/s1. The fourth-order valence-electron chi connectivity index (χ4n) is 1.52. The fraction of sp³-hybridized carbons (Fsp3) is 0.214. The van der Waals surface area contributed by atoms with Crippen LogP contribution in [0.15, 0.2) is 42.6 Å². The number of hydrogen-bond donors (Lipinski definition) is 1. The lowest BCUT2D eigenvalue weighted by molar-refractivity contribution is 0.169. The molecule has 0 aliphatic carbocycles. The van der Waals surface area contributed by atoms with Gasteiger partial charge < -0.3 is 9.84 Å². The fourth-order valence-corrected chi connectivity index (χ4v) is 1.52. The van der Waals surface area contributed by atoms with E-state index in [0.717, 1.165) is 0 Å². The van der Waals surface area contributed by atoms with E-state index >= 15 is 0 Å². The quantitative estimate of drug-likeness (QED) is 0.899. The van der Waals surface area contributed by atoms with Crippen molar-refractivity contribution >= 4 is 0 Å². The Morgan fingerprint density at radius 1 is 1.28 bits per heavy atom. The zero-order chi connectivity index (χ0) is 13.0. The summed E-state index contributed by atoms with van der Waals surface area (Å²) in [7, 11) is 0. The second kappa shape index (κ2) is 5.60. The molecule has 0 saturated carbocycles. The molecule has 3 nitrogen and oxygen atoms in total. The van der Waals surface area contributed by atoms with Gasteiger partial charge in [0, 0.05) is 6.07 Å². The number of nitrogens with zero attached hydrogens (tertiary/aromatic N) is 1. The Morgan fingerprint density at radius 2 is 2.11 bits per heavy atom. The molecular formula is C14H14FNO2. The van der Waals surface area contributed by atoms with Gasteiger partial charge in [-0.2, -0.15) is 0 Å². The lowest BCUT2D eigenvalue weighted by atomic mass is 10.2. The first-order valence-corrected chi connectivity index (χ1v) is 5.76. The molecule has 0 fully saturated rings. The summed E-state index contributed by atoms with van der Waals surface area (Å²) in [5.74, 6) is 0.576. The SMILES string of the molecule is CC[C@H](O)c1ccc(Oc2cccc(F)c2)cn1. The van der Waals surface area contributed by atoms with Crippen molar-refractivity contribution in [3.05, 3.63) is 54.1 Å². The Labute approximate surface area is 105 Å². The summed E-state index contributed by atoms with van der Waals surface area (Å²) in [4.78, 5) is 4.10. The van der Waals surface area contributed by atoms with Crippen LogP contribution >= 0.6 is 0 Å². The lowest BCUT2D eigenvalue weighted by Crippen LogP contribution is -1.98. The van der Waals surface area contributed by atoms with Crippen molar-refractivity contribution in [2.45, 2.75) is 19.4 Å². The van der Waals surface area contributed by atoms with Crippen molar-refractivity contribution in [2.24, 2.45) is 0 Å². The first-order chi connectivity index (χ1) is 8.69. The zero-order valence-electron chi connectivity index (χ0n) is 10.0. The molecule has 1 aromatic heterocycles. The average molecular weight is 247 g/mol. The van der Waals surface area contributed by atoms with Gasteiger partial charge in [0.15, 0.2) is 0 Å². The van der Waals surface area contributed by atoms with Gasteiger partial charge in [-0.25, -0.2) is 4.39 Å². The Kier molecular flexibility index (Phi) is 3.89. The third kappa shape index (κ3) is 3.05. The van der Waals surface area contributed by atoms with Gasteiger partial charge in [0.05, 0.1) is 18.0 Å². The maximum atomic E-state index is 13.0. The number of ether oxygens (including phenoxy) is 1. The molecule has 1 heterocycles. The molecule has 0 amide bonds. The lowest BCUT2D eigenvalue weighted by Gasteiger charge is -2.09. The average Bonchev–Trinajstić information content (AvgIpc) is 2.39.